The first-order chi connectivity index (χ1) is 13.7. The molecule has 8 heteroatoms. The van der Waals surface area contributed by atoms with E-state index < -0.39 is 42.9 Å². The quantitative estimate of drug-likeness (QED) is 0.344. The molecule has 29 heavy (non-hydrogen) atoms. The van der Waals surface area contributed by atoms with E-state index in [0.29, 0.717) is 30.1 Å². The van der Waals surface area contributed by atoms with Crippen LogP contribution in [0.15, 0.2) is 0 Å². The van der Waals surface area contributed by atoms with E-state index in [4.69, 9.17) is 9.47 Å². The maximum Gasteiger partial charge on any atom is 0.186 e. The topological polar surface area (TPSA) is 140 Å². The molecule has 3 aliphatic carbocycles. The van der Waals surface area contributed by atoms with Gasteiger partial charge in [-0.25, -0.2) is 0 Å². The van der Waals surface area contributed by atoms with Gasteiger partial charge in [0.25, 0.3) is 0 Å². The molecule has 1 saturated heterocycles. The highest BCUT2D eigenvalue weighted by Gasteiger charge is 2.69. The van der Waals surface area contributed by atoms with Crippen molar-refractivity contribution in [1.82, 2.24) is 0 Å². The first-order valence-electron chi connectivity index (χ1n) is 10.9. The average Bonchev–Trinajstić information content (AvgIpc) is 3.34. The number of ether oxygens (including phenoxy) is 2. The smallest absolute Gasteiger partial charge is 0.186 e. The van der Waals surface area contributed by atoms with Crippen molar-refractivity contribution in [3.63, 3.8) is 0 Å². The third kappa shape index (κ3) is 3.36. The monoisotopic (exact) mass is 416 g/mol. The Balaban J connectivity index is 1.46. The van der Waals surface area contributed by atoms with Crippen molar-refractivity contribution in [2.45, 2.75) is 75.8 Å². The molecule has 0 bridgehead atoms. The van der Waals surface area contributed by atoms with Crippen LogP contribution >= 0.6 is 0 Å². The van der Waals surface area contributed by atoms with Crippen LogP contribution in [0.3, 0.4) is 0 Å². The van der Waals surface area contributed by atoms with Gasteiger partial charge in [-0.05, 0) is 60.7 Å². The van der Waals surface area contributed by atoms with Crippen LogP contribution in [0, 0.1) is 35.0 Å². The fourth-order valence-corrected chi connectivity index (χ4v) is 6.78. The molecule has 0 spiro atoms. The Morgan fingerprint density at radius 3 is 2.34 bits per heavy atom. The molecule has 0 radical (unpaired) electrons. The third-order valence-electron chi connectivity index (χ3n) is 8.67. The lowest BCUT2D eigenvalue weighted by molar-refractivity contribution is -0.313. The summed E-state index contributed by atoms with van der Waals surface area (Å²) in [6.07, 6.45) is -3.34. The largest absolute Gasteiger partial charge is 0.396 e. The van der Waals surface area contributed by atoms with Gasteiger partial charge < -0.3 is 40.1 Å². The van der Waals surface area contributed by atoms with Crippen molar-refractivity contribution in [2.24, 2.45) is 35.0 Å². The molecule has 0 aromatic heterocycles. The number of fused-ring (bicyclic) bond motifs is 3. The van der Waals surface area contributed by atoms with Gasteiger partial charge in [-0.3, -0.25) is 0 Å². The van der Waals surface area contributed by atoms with Crippen molar-refractivity contribution < 1.29 is 40.1 Å². The molecule has 4 rings (SSSR count). The van der Waals surface area contributed by atoms with Gasteiger partial charge in [0.15, 0.2) is 6.29 Å². The zero-order chi connectivity index (χ0) is 21.1. The molecule has 6 N–H and O–H groups in total. The Bertz CT molecular complexity index is 601. The van der Waals surface area contributed by atoms with Crippen LogP contribution in [-0.2, 0) is 9.47 Å². The molecule has 1 heterocycles. The highest BCUT2D eigenvalue weighted by atomic mass is 16.7. The van der Waals surface area contributed by atoms with E-state index in [9.17, 15) is 30.6 Å². The lowest BCUT2D eigenvalue weighted by atomic mass is 9.59. The minimum atomic E-state index is -1.49. The van der Waals surface area contributed by atoms with Crippen LogP contribution < -0.4 is 0 Å². The minimum Gasteiger partial charge on any atom is -0.396 e. The highest BCUT2D eigenvalue weighted by Crippen LogP contribution is 2.71. The lowest BCUT2D eigenvalue weighted by Gasteiger charge is -2.50. The zero-order valence-corrected chi connectivity index (χ0v) is 17.2. The summed E-state index contributed by atoms with van der Waals surface area (Å²) in [4.78, 5) is 0. The summed E-state index contributed by atoms with van der Waals surface area (Å²) in [6, 6.07) is 0. The van der Waals surface area contributed by atoms with E-state index in [0.717, 1.165) is 19.3 Å². The predicted octanol–water partition coefficient (Wildman–Crippen LogP) is -0.765. The van der Waals surface area contributed by atoms with Crippen molar-refractivity contribution in [2.75, 3.05) is 19.8 Å². The molecule has 12 atom stereocenters. The molecule has 4 aliphatic rings. The van der Waals surface area contributed by atoms with E-state index >= 15 is 0 Å². The van der Waals surface area contributed by atoms with E-state index in [-0.39, 0.29) is 24.5 Å². The molecular formula is C21H36O8. The Kier molecular flexibility index (Phi) is 5.79. The summed E-state index contributed by atoms with van der Waals surface area (Å²) in [5.41, 5.74) is -1.12. The molecule has 0 aromatic rings. The van der Waals surface area contributed by atoms with Crippen LogP contribution in [0.4, 0.5) is 0 Å². The maximum atomic E-state index is 11.5. The Morgan fingerprint density at radius 2 is 1.69 bits per heavy atom. The number of hydrogen-bond donors (Lipinski definition) is 6. The Hall–Kier alpha value is -0.320. The highest BCUT2D eigenvalue weighted by molar-refractivity contribution is 5.17. The molecule has 168 valence electrons. The fourth-order valence-electron chi connectivity index (χ4n) is 6.78. The second-order valence-electron chi connectivity index (χ2n) is 10.2. The zero-order valence-electron chi connectivity index (χ0n) is 17.2. The van der Waals surface area contributed by atoms with Crippen LogP contribution in [-0.4, -0.2) is 86.8 Å². The number of rotatable bonds is 5. The molecular weight excluding hydrogens is 380 g/mol. The average molecular weight is 417 g/mol. The maximum absolute atomic E-state index is 11.5. The third-order valence-corrected chi connectivity index (χ3v) is 8.67. The van der Waals surface area contributed by atoms with Gasteiger partial charge in [0.1, 0.15) is 24.4 Å². The van der Waals surface area contributed by atoms with E-state index in [1.807, 2.05) is 0 Å². The van der Waals surface area contributed by atoms with E-state index in [2.05, 4.69) is 13.8 Å². The summed E-state index contributed by atoms with van der Waals surface area (Å²) >= 11 is 0. The van der Waals surface area contributed by atoms with Gasteiger partial charge in [0.2, 0.25) is 0 Å². The predicted molar refractivity (Wildman–Crippen MR) is 101 cm³/mol. The van der Waals surface area contributed by atoms with Gasteiger partial charge in [0.05, 0.1) is 18.8 Å². The second kappa shape index (κ2) is 7.67. The first-order valence-corrected chi connectivity index (χ1v) is 10.9. The van der Waals surface area contributed by atoms with Crippen LogP contribution in [0.5, 0.6) is 0 Å². The number of aliphatic hydroxyl groups is 6. The van der Waals surface area contributed by atoms with Crippen molar-refractivity contribution >= 4 is 0 Å². The Labute approximate surface area is 171 Å². The van der Waals surface area contributed by atoms with Crippen molar-refractivity contribution in [1.29, 1.82) is 0 Å². The number of aliphatic hydroxyl groups excluding tert-OH is 5. The molecule has 4 fully saturated rings. The molecule has 0 unspecified atom stereocenters. The van der Waals surface area contributed by atoms with Gasteiger partial charge in [-0.2, -0.15) is 0 Å². The Morgan fingerprint density at radius 1 is 1.00 bits per heavy atom. The second-order valence-corrected chi connectivity index (χ2v) is 10.2. The van der Waals surface area contributed by atoms with Crippen LogP contribution in [0.25, 0.3) is 0 Å². The normalized spacial score (nSPS) is 57.1. The van der Waals surface area contributed by atoms with E-state index in [1.54, 1.807) is 0 Å². The van der Waals surface area contributed by atoms with E-state index in [1.165, 1.54) is 0 Å². The van der Waals surface area contributed by atoms with Crippen molar-refractivity contribution in [3.05, 3.63) is 0 Å². The summed E-state index contributed by atoms with van der Waals surface area (Å²) in [5.74, 6) is 1.77. The SMILES string of the molecule is C[C@@H]1CC[C@@](O)(CO[C@@H]2O[C@H](CO)[C@H](O)[C@H](O)[C@H]2O)[C@@H]2CC[C@@H]3[C@H]([C@H]12)[C@@]3(C)CO. The van der Waals surface area contributed by atoms with Gasteiger partial charge in [0, 0.05) is 6.61 Å². The van der Waals surface area contributed by atoms with Gasteiger partial charge in [-0.15, -0.1) is 0 Å². The van der Waals surface area contributed by atoms with Crippen LogP contribution in [0.2, 0.25) is 0 Å². The number of hydrogen-bond acceptors (Lipinski definition) is 8. The summed E-state index contributed by atoms with van der Waals surface area (Å²) in [6.45, 7) is 4.00. The summed E-state index contributed by atoms with van der Waals surface area (Å²) in [5, 5.41) is 60.9. The fraction of sp³-hybridized carbons (Fsp3) is 1.00. The molecule has 3 saturated carbocycles. The molecule has 8 nitrogen and oxygen atoms in total. The summed E-state index contributed by atoms with van der Waals surface area (Å²) < 4.78 is 11.2. The minimum absolute atomic E-state index is 0.0448. The standard InChI is InChI=1S/C21H36O8/c1-10-5-6-21(27,11-3-4-12-15(14(10)11)20(12,2)8-23)9-28-19-18(26)17(25)16(24)13(7-22)29-19/h10-19,22-27H,3-9H2,1-2H3/t10-,11-,12-,13-,14-,15-,16+,17+,18-,19-,20+,21-/m1/s1. The first kappa shape index (κ1) is 21.9. The molecule has 0 amide bonds. The van der Waals surface area contributed by atoms with Gasteiger partial charge in [-0.1, -0.05) is 13.8 Å². The lowest BCUT2D eigenvalue weighted by Crippen LogP contribution is -2.60. The van der Waals surface area contributed by atoms with Gasteiger partial charge >= 0.3 is 0 Å². The van der Waals surface area contributed by atoms with Crippen molar-refractivity contribution in [3.8, 4) is 0 Å². The molecule has 1 aliphatic heterocycles. The molecule has 0 aromatic carbocycles. The van der Waals surface area contributed by atoms with Crippen LogP contribution in [0.1, 0.15) is 39.5 Å². The summed E-state index contributed by atoms with van der Waals surface area (Å²) in [7, 11) is 0.